The van der Waals surface area contributed by atoms with Gasteiger partial charge in [-0.25, -0.2) is 9.78 Å². The Hall–Kier alpha value is -2.17. The molecular formula is C9H7N3O2. The van der Waals surface area contributed by atoms with Crippen molar-refractivity contribution in [2.75, 3.05) is 0 Å². The topological polar surface area (TPSA) is 67.9 Å². The van der Waals surface area contributed by atoms with Gasteiger partial charge in [0.15, 0.2) is 0 Å². The van der Waals surface area contributed by atoms with Crippen molar-refractivity contribution in [1.29, 1.82) is 0 Å². The summed E-state index contributed by atoms with van der Waals surface area (Å²) in [7, 11) is 0. The van der Waals surface area contributed by atoms with Gasteiger partial charge in [-0.2, -0.15) is 5.10 Å². The molecule has 5 nitrogen and oxygen atoms in total. The van der Waals surface area contributed by atoms with Crippen LogP contribution in [0.3, 0.4) is 0 Å². The molecule has 5 heteroatoms. The predicted octanol–water partition coefficient (Wildman–Crippen LogP) is 1.02. The zero-order valence-corrected chi connectivity index (χ0v) is 7.18. The molecule has 0 saturated heterocycles. The summed E-state index contributed by atoms with van der Waals surface area (Å²) in [5, 5.41) is 6.16. The van der Waals surface area contributed by atoms with E-state index in [9.17, 15) is 4.79 Å². The lowest BCUT2D eigenvalue weighted by Crippen LogP contribution is -2.07. The van der Waals surface area contributed by atoms with Crippen molar-refractivity contribution in [1.82, 2.24) is 15.2 Å². The van der Waals surface area contributed by atoms with Crippen molar-refractivity contribution in [2.24, 2.45) is 0 Å². The molecule has 2 aromatic heterocycles. The number of carbonyl (C=O) groups excluding carboxylic acids is 1. The maximum Gasteiger partial charge on any atom is 0.348 e. The molecular weight excluding hydrogens is 182 g/mol. The summed E-state index contributed by atoms with van der Waals surface area (Å²) in [6.07, 6.45) is 4.41. The summed E-state index contributed by atoms with van der Waals surface area (Å²) in [5.41, 5.74) is 0.371. The third-order valence-electron chi connectivity index (χ3n) is 1.57. The van der Waals surface area contributed by atoms with Crippen LogP contribution in [0.25, 0.3) is 0 Å². The van der Waals surface area contributed by atoms with E-state index in [4.69, 9.17) is 4.74 Å². The number of carbonyl (C=O) groups is 1. The Balaban J connectivity index is 2.10. The smallest absolute Gasteiger partial charge is 0.348 e. The zero-order valence-electron chi connectivity index (χ0n) is 7.18. The van der Waals surface area contributed by atoms with E-state index < -0.39 is 5.97 Å². The van der Waals surface area contributed by atoms with Gasteiger partial charge in [0.1, 0.15) is 0 Å². The Kier molecular flexibility index (Phi) is 2.22. The van der Waals surface area contributed by atoms with Crippen LogP contribution >= 0.6 is 0 Å². The second-order valence-electron chi connectivity index (χ2n) is 2.54. The summed E-state index contributed by atoms with van der Waals surface area (Å²) >= 11 is 0. The third-order valence-corrected chi connectivity index (χ3v) is 1.57. The normalized spacial score (nSPS) is 9.71. The molecule has 2 heterocycles. The quantitative estimate of drug-likeness (QED) is 0.716. The predicted molar refractivity (Wildman–Crippen MR) is 47.8 cm³/mol. The van der Waals surface area contributed by atoms with Crippen molar-refractivity contribution in [3.63, 3.8) is 0 Å². The minimum absolute atomic E-state index is 0.277. The first-order valence-corrected chi connectivity index (χ1v) is 3.98. The second kappa shape index (κ2) is 3.69. The van der Waals surface area contributed by atoms with Crippen LogP contribution in [0, 0.1) is 0 Å². The molecule has 0 saturated carbocycles. The number of aromatic amines is 1. The highest BCUT2D eigenvalue weighted by Crippen LogP contribution is 2.06. The first kappa shape index (κ1) is 8.43. The fourth-order valence-corrected chi connectivity index (χ4v) is 0.924. The second-order valence-corrected chi connectivity index (χ2v) is 2.54. The van der Waals surface area contributed by atoms with Crippen LogP contribution in [0.15, 0.2) is 36.8 Å². The van der Waals surface area contributed by atoms with Crippen molar-refractivity contribution in [2.45, 2.75) is 0 Å². The number of aromatic nitrogens is 3. The summed E-state index contributed by atoms with van der Waals surface area (Å²) < 4.78 is 4.95. The number of nitrogens with one attached hydrogen (secondary N) is 1. The number of rotatable bonds is 2. The molecule has 14 heavy (non-hydrogen) atoms. The third kappa shape index (κ3) is 1.77. The van der Waals surface area contributed by atoms with Crippen molar-refractivity contribution >= 4 is 5.97 Å². The number of ether oxygens (including phenoxy) is 1. The van der Waals surface area contributed by atoms with Gasteiger partial charge in [0.05, 0.1) is 11.8 Å². The lowest BCUT2D eigenvalue weighted by atomic mass is 10.4. The maximum atomic E-state index is 11.4. The number of H-pyrrole nitrogens is 1. The van der Waals surface area contributed by atoms with E-state index in [-0.39, 0.29) is 5.88 Å². The summed E-state index contributed by atoms with van der Waals surface area (Å²) in [6.45, 7) is 0. The number of hydrogen-bond donors (Lipinski definition) is 1. The lowest BCUT2D eigenvalue weighted by molar-refractivity contribution is 0.0727. The Morgan fingerprint density at radius 1 is 1.43 bits per heavy atom. The van der Waals surface area contributed by atoms with E-state index in [1.807, 2.05) is 0 Å². The van der Waals surface area contributed by atoms with E-state index in [0.29, 0.717) is 5.56 Å². The fourth-order valence-electron chi connectivity index (χ4n) is 0.924. The maximum absolute atomic E-state index is 11.4. The zero-order chi connectivity index (χ0) is 9.80. The molecule has 0 atom stereocenters. The van der Waals surface area contributed by atoms with Gasteiger partial charge < -0.3 is 4.74 Å². The molecule has 0 fully saturated rings. The van der Waals surface area contributed by atoms with E-state index in [1.54, 1.807) is 24.4 Å². The first-order valence-electron chi connectivity index (χ1n) is 3.98. The Morgan fingerprint density at radius 2 is 2.36 bits per heavy atom. The van der Waals surface area contributed by atoms with Crippen molar-refractivity contribution in [3.05, 3.63) is 42.4 Å². The number of pyridine rings is 1. The van der Waals surface area contributed by atoms with Crippen LogP contribution in [-0.4, -0.2) is 21.2 Å². The highest BCUT2D eigenvalue weighted by Gasteiger charge is 2.09. The molecule has 70 valence electrons. The van der Waals surface area contributed by atoms with Gasteiger partial charge in [-0.15, -0.1) is 0 Å². The Labute approximate surface area is 79.7 Å². The minimum Gasteiger partial charge on any atom is -0.404 e. The number of esters is 1. The molecule has 0 unspecified atom stereocenters. The van der Waals surface area contributed by atoms with Gasteiger partial charge in [-0.3, -0.25) is 5.10 Å². The minimum atomic E-state index is -0.475. The van der Waals surface area contributed by atoms with Gasteiger partial charge in [0.2, 0.25) is 5.88 Å². The average molecular weight is 189 g/mol. The van der Waals surface area contributed by atoms with Gasteiger partial charge in [0, 0.05) is 18.5 Å². The summed E-state index contributed by atoms with van der Waals surface area (Å²) in [4.78, 5) is 15.2. The molecule has 0 bridgehead atoms. The largest absolute Gasteiger partial charge is 0.404 e. The van der Waals surface area contributed by atoms with E-state index >= 15 is 0 Å². The fraction of sp³-hybridized carbons (Fsp3) is 0. The molecule has 0 amide bonds. The van der Waals surface area contributed by atoms with E-state index in [0.717, 1.165) is 0 Å². The molecule has 0 aliphatic heterocycles. The van der Waals surface area contributed by atoms with Gasteiger partial charge in [-0.1, -0.05) is 6.07 Å². The lowest BCUT2D eigenvalue weighted by Gasteiger charge is -1.99. The Morgan fingerprint density at radius 3 is 3.00 bits per heavy atom. The van der Waals surface area contributed by atoms with Gasteiger partial charge in [-0.05, 0) is 6.07 Å². The van der Waals surface area contributed by atoms with Crippen molar-refractivity contribution in [3.8, 4) is 5.88 Å². The molecule has 0 aromatic carbocycles. The molecule has 0 radical (unpaired) electrons. The standard InChI is InChI=1S/C9H7N3O2/c13-9(7-5-11-12-6-7)14-8-3-1-2-4-10-8/h1-6H,(H,11,12). The van der Waals surface area contributed by atoms with Crippen LogP contribution in [-0.2, 0) is 0 Å². The molecule has 0 aliphatic carbocycles. The average Bonchev–Trinajstić information content (AvgIpc) is 2.72. The van der Waals surface area contributed by atoms with Crippen LogP contribution in [0.2, 0.25) is 0 Å². The monoisotopic (exact) mass is 189 g/mol. The van der Waals surface area contributed by atoms with Gasteiger partial charge >= 0.3 is 5.97 Å². The van der Waals surface area contributed by atoms with Crippen molar-refractivity contribution < 1.29 is 9.53 Å². The van der Waals surface area contributed by atoms with Crippen LogP contribution < -0.4 is 4.74 Å². The van der Waals surface area contributed by atoms with Crippen LogP contribution in [0.5, 0.6) is 5.88 Å². The highest BCUT2D eigenvalue weighted by atomic mass is 16.5. The molecule has 2 rings (SSSR count). The molecule has 1 N–H and O–H groups in total. The Bertz CT molecular complexity index is 411. The SMILES string of the molecule is O=C(Oc1ccccn1)c1cn[nH]c1. The van der Waals surface area contributed by atoms with E-state index in [2.05, 4.69) is 15.2 Å². The summed E-state index contributed by atoms with van der Waals surface area (Å²) in [6, 6.07) is 5.10. The van der Waals surface area contributed by atoms with E-state index in [1.165, 1.54) is 12.4 Å². The number of hydrogen-bond acceptors (Lipinski definition) is 4. The molecule has 0 aliphatic rings. The van der Waals surface area contributed by atoms with Crippen LogP contribution in [0.4, 0.5) is 0 Å². The van der Waals surface area contributed by atoms with Gasteiger partial charge in [0.25, 0.3) is 0 Å². The first-order chi connectivity index (χ1) is 6.86. The highest BCUT2D eigenvalue weighted by molar-refractivity contribution is 5.90. The molecule has 0 spiro atoms. The summed E-state index contributed by atoms with van der Waals surface area (Å²) in [5.74, 6) is -0.198. The van der Waals surface area contributed by atoms with Crippen LogP contribution in [0.1, 0.15) is 10.4 Å². The molecule has 2 aromatic rings. The number of nitrogens with zero attached hydrogens (tertiary/aromatic N) is 2.